The summed E-state index contributed by atoms with van der Waals surface area (Å²) in [6.45, 7) is 2.79. The number of methoxy groups -OCH3 is 1. The van der Waals surface area contributed by atoms with Crippen molar-refractivity contribution in [2.75, 3.05) is 7.11 Å². The molecule has 1 N–H and O–H groups in total. The fourth-order valence-corrected chi connectivity index (χ4v) is 1.50. The summed E-state index contributed by atoms with van der Waals surface area (Å²) in [5.74, 6) is -1.48. The first-order chi connectivity index (χ1) is 9.08. The number of nitrogens with one attached hydrogen (secondary N) is 1. The van der Waals surface area contributed by atoms with Crippen LogP contribution >= 0.6 is 0 Å². The molecule has 0 heterocycles. The molecular formula is C13H14F3NO3. The number of benzene rings is 1. The van der Waals surface area contributed by atoms with E-state index in [9.17, 15) is 22.8 Å². The number of halogens is 3. The number of carbonyl (C=O) groups is 2. The summed E-state index contributed by atoms with van der Waals surface area (Å²) in [5.41, 5.74) is -2.45. The Morgan fingerprint density at radius 3 is 2.30 bits per heavy atom. The first-order valence-corrected chi connectivity index (χ1v) is 5.66. The van der Waals surface area contributed by atoms with E-state index in [0.29, 0.717) is 0 Å². The lowest BCUT2D eigenvalue weighted by atomic mass is 10.0. The van der Waals surface area contributed by atoms with Crippen molar-refractivity contribution in [3.63, 3.8) is 0 Å². The van der Waals surface area contributed by atoms with E-state index in [4.69, 9.17) is 0 Å². The SMILES string of the molecule is COC(=O)C(C)(C)NC(=O)c1cccc(C(F)(F)F)c1. The Balaban J connectivity index is 2.97. The predicted octanol–water partition coefficient (Wildman–Crippen LogP) is 2.39. The second-order valence-electron chi connectivity index (χ2n) is 4.65. The Morgan fingerprint density at radius 2 is 1.80 bits per heavy atom. The van der Waals surface area contributed by atoms with Gasteiger partial charge in [0.2, 0.25) is 0 Å². The van der Waals surface area contributed by atoms with Crippen molar-refractivity contribution in [3.05, 3.63) is 35.4 Å². The van der Waals surface area contributed by atoms with E-state index in [-0.39, 0.29) is 5.56 Å². The largest absolute Gasteiger partial charge is 0.467 e. The van der Waals surface area contributed by atoms with Crippen molar-refractivity contribution in [1.82, 2.24) is 5.32 Å². The molecule has 0 bridgehead atoms. The van der Waals surface area contributed by atoms with Gasteiger partial charge >= 0.3 is 12.1 Å². The van der Waals surface area contributed by atoms with Crippen molar-refractivity contribution < 1.29 is 27.5 Å². The molecule has 0 spiro atoms. The van der Waals surface area contributed by atoms with Crippen molar-refractivity contribution in [2.45, 2.75) is 25.6 Å². The molecule has 0 aliphatic heterocycles. The van der Waals surface area contributed by atoms with Crippen molar-refractivity contribution in [3.8, 4) is 0 Å². The summed E-state index contributed by atoms with van der Waals surface area (Å²) in [6, 6.07) is 3.95. The van der Waals surface area contributed by atoms with Crippen molar-refractivity contribution in [2.24, 2.45) is 0 Å². The molecule has 0 radical (unpaired) electrons. The van der Waals surface area contributed by atoms with Crippen LogP contribution in [0, 0.1) is 0 Å². The molecule has 0 aromatic heterocycles. The standard InChI is InChI=1S/C13H14F3NO3/c1-12(2,11(19)20-3)17-10(18)8-5-4-6-9(7-8)13(14,15)16/h4-7H,1-3H3,(H,17,18). The maximum atomic E-state index is 12.5. The molecule has 1 aromatic carbocycles. The maximum Gasteiger partial charge on any atom is 0.416 e. The molecule has 110 valence electrons. The van der Waals surface area contributed by atoms with Crippen molar-refractivity contribution in [1.29, 1.82) is 0 Å². The fraction of sp³-hybridized carbons (Fsp3) is 0.385. The second kappa shape index (κ2) is 5.52. The molecule has 0 aliphatic rings. The number of hydrogen-bond acceptors (Lipinski definition) is 3. The highest BCUT2D eigenvalue weighted by Gasteiger charge is 2.33. The van der Waals surface area contributed by atoms with Gasteiger partial charge in [-0.05, 0) is 32.0 Å². The number of carbonyl (C=O) groups excluding carboxylic acids is 2. The number of rotatable bonds is 3. The lowest BCUT2D eigenvalue weighted by molar-refractivity contribution is -0.146. The van der Waals surface area contributed by atoms with E-state index in [1.165, 1.54) is 19.9 Å². The van der Waals surface area contributed by atoms with Gasteiger partial charge in [-0.25, -0.2) is 4.79 Å². The van der Waals surface area contributed by atoms with Crippen LogP contribution < -0.4 is 5.32 Å². The molecule has 4 nitrogen and oxygen atoms in total. The highest BCUT2D eigenvalue weighted by Crippen LogP contribution is 2.29. The Morgan fingerprint density at radius 1 is 1.20 bits per heavy atom. The first kappa shape index (κ1) is 16.0. The summed E-state index contributed by atoms with van der Waals surface area (Å²) < 4.78 is 42.1. The number of amides is 1. The van der Waals surface area contributed by atoms with Crippen LogP contribution in [0.4, 0.5) is 13.2 Å². The van der Waals surface area contributed by atoms with Gasteiger partial charge in [0.15, 0.2) is 0 Å². The highest BCUT2D eigenvalue weighted by atomic mass is 19.4. The van der Waals surface area contributed by atoms with Crippen LogP contribution in [-0.4, -0.2) is 24.5 Å². The van der Waals surface area contributed by atoms with Gasteiger partial charge in [-0.2, -0.15) is 13.2 Å². The smallest absolute Gasteiger partial charge is 0.416 e. The normalized spacial score (nSPS) is 11.9. The van der Waals surface area contributed by atoms with Gasteiger partial charge in [0.25, 0.3) is 5.91 Å². The summed E-state index contributed by atoms with van der Waals surface area (Å²) in [5, 5.41) is 2.32. The Kier molecular flexibility index (Phi) is 4.42. The molecule has 1 amide bonds. The van der Waals surface area contributed by atoms with Crippen molar-refractivity contribution >= 4 is 11.9 Å². The van der Waals surface area contributed by atoms with E-state index >= 15 is 0 Å². The fourth-order valence-electron chi connectivity index (χ4n) is 1.50. The van der Waals surface area contributed by atoms with Crippen LogP contribution in [0.5, 0.6) is 0 Å². The van der Waals surface area contributed by atoms with Crippen LogP contribution in [0.3, 0.4) is 0 Å². The Bertz CT molecular complexity index is 524. The van der Waals surface area contributed by atoms with E-state index in [1.54, 1.807) is 0 Å². The van der Waals surface area contributed by atoms with Gasteiger partial charge in [0.05, 0.1) is 12.7 Å². The summed E-state index contributed by atoms with van der Waals surface area (Å²) >= 11 is 0. The third-order valence-corrected chi connectivity index (χ3v) is 2.57. The summed E-state index contributed by atoms with van der Waals surface area (Å²) in [6.07, 6.45) is -4.53. The van der Waals surface area contributed by atoms with E-state index in [1.807, 2.05) is 0 Å². The molecule has 20 heavy (non-hydrogen) atoms. The molecule has 1 aromatic rings. The Labute approximate surface area is 113 Å². The van der Waals surface area contributed by atoms with E-state index in [2.05, 4.69) is 10.1 Å². The zero-order valence-corrected chi connectivity index (χ0v) is 11.2. The van der Waals surface area contributed by atoms with Gasteiger partial charge < -0.3 is 10.1 Å². The molecule has 0 atom stereocenters. The highest BCUT2D eigenvalue weighted by molar-refractivity contribution is 5.98. The molecular weight excluding hydrogens is 275 g/mol. The minimum Gasteiger partial charge on any atom is -0.467 e. The van der Waals surface area contributed by atoms with Gasteiger partial charge in [-0.15, -0.1) is 0 Å². The lowest BCUT2D eigenvalue weighted by Crippen LogP contribution is -2.50. The number of ether oxygens (including phenoxy) is 1. The molecule has 0 saturated heterocycles. The third kappa shape index (κ3) is 3.72. The minimum absolute atomic E-state index is 0.184. The summed E-state index contributed by atoms with van der Waals surface area (Å²) in [4.78, 5) is 23.3. The average Bonchev–Trinajstić information content (AvgIpc) is 2.36. The quantitative estimate of drug-likeness (QED) is 0.869. The topological polar surface area (TPSA) is 55.4 Å². The maximum absolute atomic E-state index is 12.5. The van der Waals surface area contributed by atoms with Crippen LogP contribution in [0.1, 0.15) is 29.8 Å². The number of esters is 1. The van der Waals surface area contributed by atoms with E-state index < -0.39 is 29.2 Å². The number of alkyl halides is 3. The van der Waals surface area contributed by atoms with Gasteiger partial charge in [-0.1, -0.05) is 6.07 Å². The molecule has 7 heteroatoms. The average molecular weight is 289 g/mol. The predicted molar refractivity (Wildman–Crippen MR) is 65.0 cm³/mol. The zero-order valence-electron chi connectivity index (χ0n) is 11.2. The molecule has 0 fully saturated rings. The van der Waals surface area contributed by atoms with Crippen LogP contribution in [-0.2, 0) is 15.7 Å². The van der Waals surface area contributed by atoms with Gasteiger partial charge in [0, 0.05) is 5.56 Å². The van der Waals surface area contributed by atoms with Crippen LogP contribution in [0.25, 0.3) is 0 Å². The summed E-state index contributed by atoms with van der Waals surface area (Å²) in [7, 11) is 1.15. The minimum atomic E-state index is -4.53. The lowest BCUT2D eigenvalue weighted by Gasteiger charge is -2.23. The molecule has 0 unspecified atom stereocenters. The van der Waals surface area contributed by atoms with Gasteiger partial charge in [0.1, 0.15) is 5.54 Å². The molecule has 1 rings (SSSR count). The third-order valence-electron chi connectivity index (χ3n) is 2.57. The monoisotopic (exact) mass is 289 g/mol. The van der Waals surface area contributed by atoms with Gasteiger partial charge in [-0.3, -0.25) is 4.79 Å². The number of hydrogen-bond donors (Lipinski definition) is 1. The molecule has 0 saturated carbocycles. The first-order valence-electron chi connectivity index (χ1n) is 5.66. The van der Waals surface area contributed by atoms with Crippen LogP contribution in [0.15, 0.2) is 24.3 Å². The Hall–Kier alpha value is -2.05. The van der Waals surface area contributed by atoms with Crippen LogP contribution in [0.2, 0.25) is 0 Å². The van der Waals surface area contributed by atoms with E-state index in [0.717, 1.165) is 25.3 Å². The second-order valence-corrected chi connectivity index (χ2v) is 4.65. The zero-order chi connectivity index (χ0) is 15.6. The molecule has 0 aliphatic carbocycles.